The van der Waals surface area contributed by atoms with Crippen molar-refractivity contribution in [2.45, 2.75) is 76.2 Å². The molecule has 2 N–H and O–H groups in total. The van der Waals surface area contributed by atoms with Crippen LogP contribution in [0.3, 0.4) is 0 Å². The summed E-state index contributed by atoms with van der Waals surface area (Å²) in [4.78, 5) is 40.2. The first-order chi connectivity index (χ1) is 32.2. The lowest BCUT2D eigenvalue weighted by Crippen LogP contribution is -2.47. The number of fused-ring (bicyclic) bond motifs is 2. The molecule has 15 nitrogen and oxygen atoms in total. The molecule has 1 saturated heterocycles. The summed E-state index contributed by atoms with van der Waals surface area (Å²) in [7, 11) is -2.91. The number of benzene rings is 3. The van der Waals surface area contributed by atoms with Crippen molar-refractivity contribution in [3.63, 3.8) is 0 Å². The number of halogens is 1. The Labute approximate surface area is 396 Å². The second-order valence-electron chi connectivity index (χ2n) is 19.0. The van der Waals surface area contributed by atoms with Crippen LogP contribution >= 0.6 is 11.6 Å². The normalized spacial score (nSPS) is 20.2. The Hall–Kier alpha value is -5.68. The third-order valence-corrected chi connectivity index (χ3v) is 15.4. The monoisotopic (exact) mass is 951 g/mol. The average molecular weight is 953 g/mol. The molecule has 3 aromatic carbocycles. The number of hydrogen-bond acceptors (Lipinski definition) is 12. The van der Waals surface area contributed by atoms with Gasteiger partial charge in [0.25, 0.3) is 15.9 Å². The lowest BCUT2D eigenvalue weighted by molar-refractivity contribution is -0.386. The lowest BCUT2D eigenvalue weighted by atomic mass is 9.72. The first-order valence-corrected chi connectivity index (χ1v) is 25.1. The molecule has 2 fully saturated rings. The van der Waals surface area contributed by atoms with E-state index in [0.717, 1.165) is 99.8 Å². The predicted octanol–water partition coefficient (Wildman–Crippen LogP) is 9.53. The van der Waals surface area contributed by atoms with E-state index in [1.165, 1.54) is 28.8 Å². The van der Waals surface area contributed by atoms with Gasteiger partial charge in [0.15, 0.2) is 5.75 Å². The number of pyridine rings is 1. The molecular formula is C50H58ClN7O8S. The maximum absolute atomic E-state index is 14.4. The number of nitrogens with one attached hydrogen (secondary N) is 2. The van der Waals surface area contributed by atoms with Crippen molar-refractivity contribution in [2.24, 2.45) is 11.3 Å². The number of nitro benzene ring substituents is 1. The summed E-state index contributed by atoms with van der Waals surface area (Å²) in [5.41, 5.74) is 6.61. The molecule has 0 bridgehead atoms. The molecule has 5 aromatic rings. The highest BCUT2D eigenvalue weighted by Crippen LogP contribution is 2.44. The molecular weight excluding hydrogens is 894 g/mol. The fourth-order valence-electron chi connectivity index (χ4n) is 9.95. The van der Waals surface area contributed by atoms with E-state index in [0.29, 0.717) is 42.5 Å². The second kappa shape index (κ2) is 19.5. The summed E-state index contributed by atoms with van der Waals surface area (Å²) >= 11 is 6.28. The predicted molar refractivity (Wildman–Crippen MR) is 260 cm³/mol. The largest absolute Gasteiger partial charge is 0.487 e. The molecule has 0 unspecified atom stereocenters. The van der Waals surface area contributed by atoms with E-state index in [4.69, 9.17) is 30.8 Å². The van der Waals surface area contributed by atoms with E-state index in [1.54, 1.807) is 19.4 Å². The molecule has 17 heteroatoms. The number of ether oxygens (including phenoxy) is 3. The SMILES string of the molecule is COC1CCC(COc2ccc(S(=O)(=O)NC(=O)c3ccc(N4CCN(CC5=C(c6ccc(Cl)cc6)CC(C)(C)CC5)CC4)cc3N3CCCOc4nc5[nH]ccc5cc43)cc2[N+](=O)[O-])CC1. The number of sulfonamides is 1. The Kier molecular flexibility index (Phi) is 13.5. The Balaban J connectivity index is 0.973. The number of amides is 1. The molecule has 0 radical (unpaired) electrons. The molecule has 1 amide bonds. The Morgan fingerprint density at radius 3 is 2.51 bits per heavy atom. The number of carbonyl (C=O) groups is 1. The summed E-state index contributed by atoms with van der Waals surface area (Å²) in [5, 5.41) is 13.8. The smallest absolute Gasteiger partial charge is 0.312 e. The van der Waals surface area contributed by atoms with Crippen LogP contribution in [0.4, 0.5) is 22.7 Å². The van der Waals surface area contributed by atoms with E-state index >= 15 is 0 Å². The summed E-state index contributed by atoms with van der Waals surface area (Å²) in [6.45, 7) is 9.83. The van der Waals surface area contributed by atoms with Crippen LogP contribution in [0.5, 0.6) is 11.6 Å². The van der Waals surface area contributed by atoms with Crippen LogP contribution in [-0.2, 0) is 14.8 Å². The van der Waals surface area contributed by atoms with Gasteiger partial charge < -0.3 is 29.0 Å². The van der Waals surface area contributed by atoms with Crippen molar-refractivity contribution < 1.29 is 32.3 Å². The van der Waals surface area contributed by atoms with E-state index < -0.39 is 31.4 Å². The minimum absolute atomic E-state index is 0.0344. The van der Waals surface area contributed by atoms with Crippen molar-refractivity contribution >= 4 is 66.9 Å². The van der Waals surface area contributed by atoms with Gasteiger partial charge in [0.2, 0.25) is 5.88 Å². The summed E-state index contributed by atoms with van der Waals surface area (Å²) in [6.07, 6.45) is 9.27. The Morgan fingerprint density at radius 2 is 1.76 bits per heavy atom. The van der Waals surface area contributed by atoms with Crippen LogP contribution in [-0.4, -0.2) is 99.8 Å². The number of hydrogen-bond donors (Lipinski definition) is 2. The maximum atomic E-state index is 14.4. The Bertz CT molecular complexity index is 2780. The molecule has 1 saturated carbocycles. The van der Waals surface area contributed by atoms with Crippen molar-refractivity contribution in [1.29, 1.82) is 0 Å². The van der Waals surface area contributed by atoms with Crippen molar-refractivity contribution in [3.8, 4) is 11.6 Å². The fraction of sp³-hybridized carbons (Fsp3) is 0.440. The van der Waals surface area contributed by atoms with Gasteiger partial charge in [-0.05, 0) is 128 Å². The number of nitrogens with zero attached hydrogens (tertiary/aromatic N) is 5. The summed E-state index contributed by atoms with van der Waals surface area (Å²) < 4.78 is 47.7. The zero-order valence-electron chi connectivity index (χ0n) is 38.3. The third kappa shape index (κ3) is 10.4. The number of nitro groups is 1. The summed E-state index contributed by atoms with van der Waals surface area (Å²) in [5.74, 6) is -0.337. The zero-order valence-corrected chi connectivity index (χ0v) is 39.8. The first kappa shape index (κ1) is 46.4. The van der Waals surface area contributed by atoms with E-state index in [9.17, 15) is 23.3 Å². The van der Waals surface area contributed by atoms with Gasteiger partial charge in [0.1, 0.15) is 11.3 Å². The van der Waals surface area contributed by atoms with E-state index in [2.05, 4.69) is 45.5 Å². The highest BCUT2D eigenvalue weighted by Gasteiger charge is 2.32. The van der Waals surface area contributed by atoms with Crippen LogP contribution in [0, 0.1) is 21.4 Å². The quantitative estimate of drug-likeness (QED) is 0.0847. The number of rotatable bonds is 13. The molecule has 354 valence electrons. The molecule has 0 spiro atoms. The number of allylic oxidation sites excluding steroid dienone is 1. The molecule has 4 heterocycles. The number of H-pyrrole nitrogens is 1. The molecule has 2 aliphatic carbocycles. The van der Waals surface area contributed by atoms with E-state index in [1.807, 2.05) is 41.3 Å². The van der Waals surface area contributed by atoms with Crippen LogP contribution in [0.1, 0.15) is 81.1 Å². The van der Waals surface area contributed by atoms with Gasteiger partial charge in [-0.1, -0.05) is 43.2 Å². The number of aromatic nitrogens is 2. The highest BCUT2D eigenvalue weighted by atomic mass is 35.5. The van der Waals surface area contributed by atoms with Gasteiger partial charge in [0.05, 0.1) is 40.4 Å². The number of aromatic amines is 1. The van der Waals surface area contributed by atoms with Gasteiger partial charge in [-0.15, -0.1) is 0 Å². The molecule has 67 heavy (non-hydrogen) atoms. The number of piperazine rings is 1. The highest BCUT2D eigenvalue weighted by molar-refractivity contribution is 7.90. The van der Waals surface area contributed by atoms with Crippen molar-refractivity contribution in [1.82, 2.24) is 19.6 Å². The number of methoxy groups -OCH3 is 1. The third-order valence-electron chi connectivity index (χ3n) is 13.8. The van der Waals surface area contributed by atoms with Crippen LogP contribution in [0.15, 0.2) is 89.5 Å². The van der Waals surface area contributed by atoms with Gasteiger partial charge >= 0.3 is 5.69 Å². The maximum Gasteiger partial charge on any atom is 0.312 e. The standard InChI is InChI=1S/C50H58ClN7O8S/c1-50(2)19-17-36(42(30-50)34-7-9-37(51)10-8-34)31-55-22-24-56(25-23-55)38-11-15-41(43(28-38)57-21-4-26-65-49-45(57)27-35-18-20-52-47(35)53-49)48(59)54-67(62,63)40-14-16-46(44(29-40)58(60)61)66-32-33-5-12-39(64-3)13-6-33/h7-11,14-16,18,20,27-29,33,39H,4-6,12-13,17,19,21-26,30-32H2,1-3H3,(H,52,53)(H,54,59). The fourth-order valence-corrected chi connectivity index (χ4v) is 11.1. The average Bonchev–Trinajstić information content (AvgIpc) is 3.69. The number of anilines is 3. The van der Waals surface area contributed by atoms with E-state index in [-0.39, 0.29) is 35.4 Å². The first-order valence-electron chi connectivity index (χ1n) is 23.2. The topological polar surface area (TPSA) is 172 Å². The van der Waals surface area contributed by atoms with Gasteiger partial charge in [0, 0.05) is 74.7 Å². The van der Waals surface area contributed by atoms with Crippen LogP contribution in [0.2, 0.25) is 5.02 Å². The van der Waals surface area contributed by atoms with Gasteiger partial charge in [-0.25, -0.2) is 13.1 Å². The number of carbonyl (C=O) groups excluding carboxylic acids is 1. The molecule has 2 aliphatic heterocycles. The molecule has 4 aliphatic rings. The lowest BCUT2D eigenvalue weighted by Gasteiger charge is -2.39. The molecule has 9 rings (SSSR count). The Morgan fingerprint density at radius 1 is 0.985 bits per heavy atom. The molecule has 2 aromatic heterocycles. The minimum atomic E-state index is -4.60. The van der Waals surface area contributed by atoms with Gasteiger partial charge in [-0.2, -0.15) is 4.98 Å². The van der Waals surface area contributed by atoms with Crippen molar-refractivity contribution in [2.75, 3.05) is 69.4 Å². The summed E-state index contributed by atoms with van der Waals surface area (Å²) in [6, 6.07) is 21.0. The van der Waals surface area contributed by atoms with Crippen LogP contribution < -0.4 is 24.0 Å². The molecule has 0 atom stereocenters. The van der Waals surface area contributed by atoms with Crippen LogP contribution in [0.25, 0.3) is 16.6 Å². The second-order valence-corrected chi connectivity index (χ2v) is 21.1. The minimum Gasteiger partial charge on any atom is -0.487 e. The van der Waals surface area contributed by atoms with Crippen molar-refractivity contribution in [3.05, 3.63) is 111 Å². The van der Waals surface area contributed by atoms with Gasteiger partial charge in [-0.3, -0.25) is 19.8 Å². The zero-order chi connectivity index (χ0) is 46.9.